The van der Waals surface area contributed by atoms with Gasteiger partial charge < -0.3 is 4.74 Å². The van der Waals surface area contributed by atoms with Gasteiger partial charge in [0.25, 0.3) is 5.91 Å². The van der Waals surface area contributed by atoms with E-state index in [1.807, 2.05) is 6.07 Å². The van der Waals surface area contributed by atoms with E-state index >= 15 is 0 Å². The van der Waals surface area contributed by atoms with Crippen molar-refractivity contribution in [1.82, 2.24) is 10.4 Å². The predicted molar refractivity (Wildman–Crippen MR) is 128 cm³/mol. The molecule has 1 N–H and O–H groups in total. The van der Waals surface area contributed by atoms with Gasteiger partial charge in [-0.25, -0.2) is 10.2 Å². The molecule has 1 amide bonds. The zero-order chi connectivity index (χ0) is 21.7. The number of hydrazone groups is 1. The number of rotatable bonds is 5. The Balaban J connectivity index is 1.81. The second kappa shape index (κ2) is 10.4. The van der Waals surface area contributed by atoms with Crippen LogP contribution in [0, 0.1) is 0 Å². The first-order valence-electron chi connectivity index (χ1n) is 8.24. The molecule has 0 saturated heterocycles. The number of ether oxygens (including phenoxy) is 1. The summed E-state index contributed by atoms with van der Waals surface area (Å²) in [6.45, 7) is 0. The van der Waals surface area contributed by atoms with Crippen LogP contribution in [-0.2, 0) is 0 Å². The minimum Gasteiger partial charge on any atom is -0.421 e. The molecule has 2 aromatic carbocycles. The predicted octanol–water partition coefficient (Wildman–Crippen LogP) is 6.11. The van der Waals surface area contributed by atoms with Crippen molar-refractivity contribution in [3.63, 3.8) is 0 Å². The molecular formula is C20H11Br4N3O3. The Morgan fingerprint density at radius 2 is 1.70 bits per heavy atom. The van der Waals surface area contributed by atoms with Gasteiger partial charge in [-0.1, -0.05) is 37.9 Å². The topological polar surface area (TPSA) is 80.6 Å². The zero-order valence-electron chi connectivity index (χ0n) is 14.9. The molecule has 0 aliphatic heterocycles. The van der Waals surface area contributed by atoms with Crippen LogP contribution in [0.5, 0.6) is 5.75 Å². The van der Waals surface area contributed by atoms with Crippen molar-refractivity contribution < 1.29 is 14.3 Å². The molecule has 3 rings (SSSR count). The van der Waals surface area contributed by atoms with Crippen LogP contribution in [0.4, 0.5) is 0 Å². The van der Waals surface area contributed by atoms with Crippen molar-refractivity contribution in [2.45, 2.75) is 0 Å². The van der Waals surface area contributed by atoms with Crippen LogP contribution in [0.3, 0.4) is 0 Å². The van der Waals surface area contributed by atoms with E-state index in [4.69, 9.17) is 4.74 Å². The van der Waals surface area contributed by atoms with E-state index in [9.17, 15) is 9.59 Å². The Morgan fingerprint density at radius 3 is 2.43 bits per heavy atom. The molecule has 10 heteroatoms. The molecule has 1 heterocycles. The van der Waals surface area contributed by atoms with Gasteiger partial charge in [0.15, 0.2) is 5.75 Å². The van der Waals surface area contributed by atoms with Crippen LogP contribution < -0.4 is 10.2 Å². The quantitative estimate of drug-likeness (QED) is 0.155. The van der Waals surface area contributed by atoms with E-state index in [0.717, 1.165) is 8.95 Å². The number of carbonyl (C=O) groups is 2. The van der Waals surface area contributed by atoms with Crippen LogP contribution in [-0.4, -0.2) is 23.1 Å². The number of nitrogens with one attached hydrogen (secondary N) is 1. The van der Waals surface area contributed by atoms with Gasteiger partial charge in [-0.3, -0.25) is 9.78 Å². The molecule has 0 atom stereocenters. The fraction of sp³-hybridized carbons (Fsp3) is 0. The highest BCUT2D eigenvalue weighted by Crippen LogP contribution is 2.33. The first-order chi connectivity index (χ1) is 14.3. The van der Waals surface area contributed by atoms with E-state index in [2.05, 4.69) is 79.2 Å². The van der Waals surface area contributed by atoms with E-state index < -0.39 is 11.9 Å². The van der Waals surface area contributed by atoms with Gasteiger partial charge in [-0.15, -0.1) is 0 Å². The SMILES string of the molecule is O=C(N/N=C\c1cc(Br)cc(Br)c1OC(=O)c1cccc(Br)c1)c1cncc(Br)c1. The van der Waals surface area contributed by atoms with Crippen molar-refractivity contribution in [2.24, 2.45) is 5.10 Å². The summed E-state index contributed by atoms with van der Waals surface area (Å²) in [6, 6.07) is 11.9. The molecule has 3 aromatic rings. The summed E-state index contributed by atoms with van der Waals surface area (Å²) in [7, 11) is 0. The molecule has 0 unspecified atom stereocenters. The lowest BCUT2D eigenvalue weighted by molar-refractivity contribution is 0.0732. The molecule has 0 fully saturated rings. The standard InChI is InChI=1S/C20H11Br4N3O3/c21-14-3-1-2-11(4-14)20(29)30-18-12(5-15(22)7-17(18)24)9-26-27-19(28)13-6-16(23)10-25-8-13/h1-10H,(H,27,28)/b26-9-. The number of pyridine rings is 1. The van der Waals surface area contributed by atoms with Gasteiger partial charge in [-0.2, -0.15) is 5.10 Å². The number of benzene rings is 2. The summed E-state index contributed by atoms with van der Waals surface area (Å²) in [5, 5.41) is 3.98. The molecule has 0 spiro atoms. The van der Waals surface area contributed by atoms with Crippen LogP contribution in [0.15, 0.2) is 77.9 Å². The molecule has 0 saturated carbocycles. The Hall–Kier alpha value is -1.88. The smallest absolute Gasteiger partial charge is 0.343 e. The van der Waals surface area contributed by atoms with E-state index in [-0.39, 0.29) is 5.75 Å². The zero-order valence-corrected chi connectivity index (χ0v) is 21.2. The minimum atomic E-state index is -0.529. The molecule has 0 bridgehead atoms. The normalized spacial score (nSPS) is 10.8. The van der Waals surface area contributed by atoms with Gasteiger partial charge in [0.1, 0.15) is 0 Å². The van der Waals surface area contributed by atoms with E-state index in [1.54, 1.807) is 42.6 Å². The Bertz CT molecular complexity index is 1150. The molecular weight excluding hydrogens is 650 g/mol. The maximum Gasteiger partial charge on any atom is 0.343 e. The van der Waals surface area contributed by atoms with Crippen molar-refractivity contribution in [1.29, 1.82) is 0 Å². The third-order valence-corrected chi connectivity index (χ3v) is 5.60. The molecule has 0 aliphatic carbocycles. The number of esters is 1. The van der Waals surface area contributed by atoms with Crippen molar-refractivity contribution in [3.8, 4) is 5.75 Å². The number of amides is 1. The summed E-state index contributed by atoms with van der Waals surface area (Å²) < 4.78 is 8.30. The van der Waals surface area contributed by atoms with E-state index in [1.165, 1.54) is 12.4 Å². The van der Waals surface area contributed by atoms with Gasteiger partial charge >= 0.3 is 5.97 Å². The van der Waals surface area contributed by atoms with Crippen molar-refractivity contribution >= 4 is 81.8 Å². The summed E-state index contributed by atoms with van der Waals surface area (Å²) in [5.41, 5.74) is 3.64. The first kappa shape index (κ1) is 22.8. The summed E-state index contributed by atoms with van der Waals surface area (Å²) >= 11 is 13.4. The maximum atomic E-state index is 12.6. The highest BCUT2D eigenvalue weighted by molar-refractivity contribution is 9.11. The molecule has 1 aromatic heterocycles. The Kier molecular flexibility index (Phi) is 7.93. The minimum absolute atomic E-state index is 0.269. The Morgan fingerprint density at radius 1 is 0.933 bits per heavy atom. The van der Waals surface area contributed by atoms with Crippen LogP contribution >= 0.6 is 63.7 Å². The number of hydrogen-bond acceptors (Lipinski definition) is 5. The van der Waals surface area contributed by atoms with Crippen LogP contribution in [0.1, 0.15) is 26.3 Å². The highest BCUT2D eigenvalue weighted by Gasteiger charge is 2.16. The third-order valence-electron chi connectivity index (χ3n) is 3.63. The van der Waals surface area contributed by atoms with Crippen molar-refractivity contribution in [2.75, 3.05) is 0 Å². The van der Waals surface area contributed by atoms with Crippen molar-refractivity contribution in [3.05, 3.63) is 89.4 Å². The average Bonchev–Trinajstić information content (AvgIpc) is 2.70. The third kappa shape index (κ3) is 6.07. The van der Waals surface area contributed by atoms with Gasteiger partial charge in [0.2, 0.25) is 0 Å². The van der Waals surface area contributed by atoms with Gasteiger partial charge in [0, 0.05) is 31.4 Å². The number of nitrogens with zero attached hydrogens (tertiary/aromatic N) is 2. The molecule has 30 heavy (non-hydrogen) atoms. The Labute approximate surface area is 205 Å². The molecule has 0 aliphatic rings. The van der Waals surface area contributed by atoms with E-state index in [0.29, 0.717) is 25.6 Å². The average molecular weight is 661 g/mol. The highest BCUT2D eigenvalue weighted by atomic mass is 79.9. The number of carbonyl (C=O) groups excluding carboxylic acids is 2. The van der Waals surface area contributed by atoms with Gasteiger partial charge in [-0.05, 0) is 68.3 Å². The van der Waals surface area contributed by atoms with Crippen LogP contribution in [0.25, 0.3) is 0 Å². The first-order valence-corrected chi connectivity index (χ1v) is 11.4. The number of aromatic nitrogens is 1. The number of halogens is 4. The number of hydrogen-bond donors (Lipinski definition) is 1. The van der Waals surface area contributed by atoms with Gasteiger partial charge in [0.05, 0.1) is 21.8 Å². The van der Waals surface area contributed by atoms with Crippen LogP contribution in [0.2, 0.25) is 0 Å². The summed E-state index contributed by atoms with van der Waals surface area (Å²) in [4.78, 5) is 28.7. The maximum absolute atomic E-state index is 12.6. The summed E-state index contributed by atoms with van der Waals surface area (Å²) in [5.74, 6) is -0.690. The lowest BCUT2D eigenvalue weighted by atomic mass is 10.2. The second-order valence-electron chi connectivity index (χ2n) is 5.80. The lowest BCUT2D eigenvalue weighted by Gasteiger charge is -2.11. The fourth-order valence-corrected chi connectivity index (χ4v) is 4.42. The summed E-state index contributed by atoms with van der Waals surface area (Å²) in [6.07, 6.45) is 4.39. The largest absolute Gasteiger partial charge is 0.421 e. The molecule has 0 radical (unpaired) electrons. The lowest BCUT2D eigenvalue weighted by Crippen LogP contribution is -2.18. The second-order valence-corrected chi connectivity index (χ2v) is 9.40. The molecule has 6 nitrogen and oxygen atoms in total. The molecule has 152 valence electrons. The monoisotopic (exact) mass is 657 g/mol. The fourth-order valence-electron chi connectivity index (χ4n) is 2.31.